The summed E-state index contributed by atoms with van der Waals surface area (Å²) in [6.07, 6.45) is 1.04. The van der Waals surface area contributed by atoms with Crippen molar-refractivity contribution in [1.82, 2.24) is 10.6 Å². The molecule has 102 valence electrons. The van der Waals surface area contributed by atoms with Crippen LogP contribution in [0.1, 0.15) is 30.0 Å². The van der Waals surface area contributed by atoms with Crippen molar-refractivity contribution in [3.8, 4) is 0 Å². The summed E-state index contributed by atoms with van der Waals surface area (Å²) >= 11 is 0. The minimum atomic E-state index is 0.0195. The zero-order valence-corrected chi connectivity index (χ0v) is 11.2. The van der Waals surface area contributed by atoms with E-state index in [9.17, 15) is 4.79 Å². The van der Waals surface area contributed by atoms with Gasteiger partial charge in [-0.2, -0.15) is 0 Å². The molecule has 4 nitrogen and oxygen atoms in total. The molecule has 2 aliphatic rings. The normalized spacial score (nSPS) is 25.3. The van der Waals surface area contributed by atoms with Gasteiger partial charge in [0.05, 0.1) is 18.6 Å². The fourth-order valence-electron chi connectivity index (χ4n) is 2.79. The van der Waals surface area contributed by atoms with Gasteiger partial charge in [0, 0.05) is 19.6 Å². The minimum Gasteiger partial charge on any atom is -0.378 e. The molecule has 19 heavy (non-hydrogen) atoms. The lowest BCUT2D eigenvalue weighted by molar-refractivity contribution is -0.125. The maximum atomic E-state index is 12.0. The maximum Gasteiger partial charge on any atom is 0.225 e. The number of fused-ring (bicyclic) bond motifs is 1. The van der Waals surface area contributed by atoms with Gasteiger partial charge in [-0.05, 0) is 30.0 Å². The summed E-state index contributed by atoms with van der Waals surface area (Å²) in [5.74, 6) is 0.133. The monoisotopic (exact) mass is 260 g/mol. The first kappa shape index (κ1) is 12.6. The van der Waals surface area contributed by atoms with Crippen molar-refractivity contribution in [1.29, 1.82) is 0 Å². The molecule has 3 rings (SSSR count). The van der Waals surface area contributed by atoms with Crippen LogP contribution in [-0.4, -0.2) is 18.6 Å². The molecule has 0 radical (unpaired) electrons. The number of rotatable bonds is 3. The molecule has 2 aliphatic heterocycles. The summed E-state index contributed by atoms with van der Waals surface area (Å²) in [4.78, 5) is 12.0. The van der Waals surface area contributed by atoms with Crippen LogP contribution in [0.2, 0.25) is 0 Å². The fourth-order valence-corrected chi connectivity index (χ4v) is 2.79. The van der Waals surface area contributed by atoms with Crippen molar-refractivity contribution in [2.45, 2.75) is 39.1 Å². The Morgan fingerprint density at radius 2 is 2.26 bits per heavy atom. The van der Waals surface area contributed by atoms with Gasteiger partial charge in [-0.1, -0.05) is 18.2 Å². The van der Waals surface area contributed by atoms with E-state index in [0.717, 1.165) is 19.5 Å². The SMILES string of the molecule is CC1CC(C(=O)NCc2ccc3c(c2)CNC3)CO1. The molecular formula is C15H20N2O2. The smallest absolute Gasteiger partial charge is 0.225 e. The molecule has 1 amide bonds. The predicted molar refractivity (Wildman–Crippen MR) is 72.4 cm³/mol. The molecular weight excluding hydrogens is 240 g/mol. The highest BCUT2D eigenvalue weighted by molar-refractivity contribution is 5.79. The molecule has 0 aromatic heterocycles. The number of hydrogen-bond acceptors (Lipinski definition) is 3. The van der Waals surface area contributed by atoms with Crippen LogP contribution in [0.25, 0.3) is 0 Å². The standard InChI is InChI=1S/C15H20N2O2/c1-10-4-14(9-19-10)15(18)17-6-11-2-3-12-7-16-8-13(12)5-11/h2-3,5,10,14,16H,4,6-9H2,1H3,(H,17,18). The van der Waals surface area contributed by atoms with Gasteiger partial charge in [0.25, 0.3) is 0 Å². The number of carbonyl (C=O) groups excluding carboxylic acids is 1. The Bertz CT molecular complexity index is 487. The third-order valence-corrected chi connectivity index (χ3v) is 3.94. The molecule has 2 heterocycles. The second-order valence-corrected chi connectivity index (χ2v) is 5.50. The van der Waals surface area contributed by atoms with Crippen LogP contribution in [0.15, 0.2) is 18.2 Å². The Morgan fingerprint density at radius 3 is 3.05 bits per heavy atom. The lowest BCUT2D eigenvalue weighted by Gasteiger charge is -2.10. The average Bonchev–Trinajstić information content (AvgIpc) is 3.03. The molecule has 0 bridgehead atoms. The second-order valence-electron chi connectivity index (χ2n) is 5.50. The number of nitrogens with one attached hydrogen (secondary N) is 2. The van der Waals surface area contributed by atoms with Crippen LogP contribution in [0, 0.1) is 5.92 Å². The first-order chi connectivity index (χ1) is 9.22. The Morgan fingerprint density at radius 1 is 1.42 bits per heavy atom. The van der Waals surface area contributed by atoms with E-state index in [-0.39, 0.29) is 17.9 Å². The van der Waals surface area contributed by atoms with Crippen molar-refractivity contribution in [3.63, 3.8) is 0 Å². The van der Waals surface area contributed by atoms with Gasteiger partial charge in [-0.3, -0.25) is 4.79 Å². The first-order valence-corrected chi connectivity index (χ1v) is 6.93. The Labute approximate surface area is 113 Å². The third-order valence-electron chi connectivity index (χ3n) is 3.94. The molecule has 2 unspecified atom stereocenters. The predicted octanol–water partition coefficient (Wildman–Crippen LogP) is 1.33. The van der Waals surface area contributed by atoms with Gasteiger partial charge in [-0.15, -0.1) is 0 Å². The van der Waals surface area contributed by atoms with Crippen LogP contribution in [0.4, 0.5) is 0 Å². The molecule has 1 fully saturated rings. The van der Waals surface area contributed by atoms with Crippen LogP contribution < -0.4 is 10.6 Å². The van der Waals surface area contributed by atoms with E-state index in [0.29, 0.717) is 13.2 Å². The molecule has 2 atom stereocenters. The largest absolute Gasteiger partial charge is 0.378 e. The lowest BCUT2D eigenvalue weighted by atomic mass is 10.0. The topological polar surface area (TPSA) is 50.4 Å². The average molecular weight is 260 g/mol. The van der Waals surface area contributed by atoms with E-state index in [4.69, 9.17) is 4.74 Å². The number of ether oxygens (including phenoxy) is 1. The van der Waals surface area contributed by atoms with Gasteiger partial charge in [-0.25, -0.2) is 0 Å². The number of benzene rings is 1. The Hall–Kier alpha value is -1.39. The zero-order chi connectivity index (χ0) is 13.2. The van der Waals surface area contributed by atoms with E-state index in [1.165, 1.54) is 16.7 Å². The number of carbonyl (C=O) groups is 1. The zero-order valence-electron chi connectivity index (χ0n) is 11.2. The highest BCUT2D eigenvalue weighted by Gasteiger charge is 2.27. The summed E-state index contributed by atoms with van der Waals surface area (Å²) in [6, 6.07) is 6.43. The molecule has 0 spiro atoms. The van der Waals surface area contributed by atoms with Crippen molar-refractivity contribution in [3.05, 3.63) is 34.9 Å². The Kier molecular flexibility index (Phi) is 3.53. The van der Waals surface area contributed by atoms with Crippen LogP contribution in [-0.2, 0) is 29.2 Å². The molecule has 4 heteroatoms. The maximum absolute atomic E-state index is 12.0. The number of hydrogen-bond donors (Lipinski definition) is 2. The van der Waals surface area contributed by atoms with E-state index in [1.54, 1.807) is 0 Å². The van der Waals surface area contributed by atoms with E-state index >= 15 is 0 Å². The Balaban J connectivity index is 1.56. The van der Waals surface area contributed by atoms with Gasteiger partial charge in [0.15, 0.2) is 0 Å². The van der Waals surface area contributed by atoms with Crippen molar-refractivity contribution in [2.24, 2.45) is 5.92 Å². The van der Waals surface area contributed by atoms with Crippen LogP contribution in [0.5, 0.6) is 0 Å². The summed E-state index contributed by atoms with van der Waals surface area (Å²) < 4.78 is 5.43. The van der Waals surface area contributed by atoms with Gasteiger partial charge in [0.2, 0.25) is 5.91 Å². The van der Waals surface area contributed by atoms with Gasteiger partial charge < -0.3 is 15.4 Å². The summed E-state index contributed by atoms with van der Waals surface area (Å²) in [6.45, 7) is 5.07. The molecule has 0 aliphatic carbocycles. The van der Waals surface area contributed by atoms with Gasteiger partial charge in [0.1, 0.15) is 0 Å². The van der Waals surface area contributed by atoms with Crippen molar-refractivity contribution >= 4 is 5.91 Å². The van der Waals surface area contributed by atoms with E-state index in [1.807, 2.05) is 6.92 Å². The van der Waals surface area contributed by atoms with Crippen LogP contribution in [0.3, 0.4) is 0 Å². The summed E-state index contributed by atoms with van der Waals surface area (Å²) in [7, 11) is 0. The fraction of sp³-hybridized carbons (Fsp3) is 0.533. The molecule has 0 saturated carbocycles. The molecule has 1 saturated heterocycles. The molecule has 1 aromatic carbocycles. The quantitative estimate of drug-likeness (QED) is 0.862. The third kappa shape index (κ3) is 2.80. The van der Waals surface area contributed by atoms with Gasteiger partial charge >= 0.3 is 0 Å². The second kappa shape index (κ2) is 5.31. The highest BCUT2D eigenvalue weighted by Crippen LogP contribution is 2.20. The first-order valence-electron chi connectivity index (χ1n) is 6.93. The van der Waals surface area contributed by atoms with Crippen LogP contribution >= 0.6 is 0 Å². The molecule has 2 N–H and O–H groups in total. The van der Waals surface area contributed by atoms with Crippen molar-refractivity contribution in [2.75, 3.05) is 6.61 Å². The summed E-state index contributed by atoms with van der Waals surface area (Å²) in [5.41, 5.74) is 3.89. The summed E-state index contributed by atoms with van der Waals surface area (Å²) in [5, 5.41) is 6.34. The van der Waals surface area contributed by atoms with E-state index < -0.39 is 0 Å². The molecule has 1 aromatic rings. The minimum absolute atomic E-state index is 0.0195. The van der Waals surface area contributed by atoms with Crippen molar-refractivity contribution < 1.29 is 9.53 Å². The number of amides is 1. The highest BCUT2D eigenvalue weighted by atomic mass is 16.5. The lowest BCUT2D eigenvalue weighted by Crippen LogP contribution is -2.30. The van der Waals surface area contributed by atoms with E-state index in [2.05, 4.69) is 28.8 Å².